The molecule has 0 saturated heterocycles. The Hall–Kier alpha value is -6.66. The van der Waals surface area contributed by atoms with Crippen LogP contribution in [0.4, 0.5) is 11.4 Å². The van der Waals surface area contributed by atoms with Crippen molar-refractivity contribution in [3.63, 3.8) is 0 Å². The Morgan fingerprint density at radius 2 is 0.650 bits per heavy atom. The maximum Gasteiger partial charge on any atom is 0.160 e. The van der Waals surface area contributed by atoms with E-state index in [1.54, 1.807) is 0 Å². The third-order valence-corrected chi connectivity index (χ3v) is 13.2. The first-order valence-electron chi connectivity index (χ1n) is 20.9. The van der Waals surface area contributed by atoms with E-state index in [-0.39, 0.29) is 22.2 Å². The van der Waals surface area contributed by atoms with Crippen molar-refractivity contribution in [3.8, 4) is 45.0 Å². The minimum atomic E-state index is -0.300. The molecule has 0 fully saturated rings. The molecule has 298 valence electrons. The zero-order valence-corrected chi connectivity index (χ0v) is 35.8. The highest BCUT2D eigenvalue weighted by atomic mass is 15.3. The van der Waals surface area contributed by atoms with Crippen LogP contribution in [0, 0.1) is 0 Å². The number of aromatic nitrogens is 2. The number of amidine groups is 2. The van der Waals surface area contributed by atoms with Crippen LogP contribution < -0.4 is 9.80 Å². The van der Waals surface area contributed by atoms with E-state index in [1.807, 2.05) is 6.07 Å². The lowest BCUT2D eigenvalue weighted by Crippen LogP contribution is -2.53. The Balaban J connectivity index is 1.10. The predicted molar refractivity (Wildman–Crippen MR) is 251 cm³/mol. The first kappa shape index (κ1) is 38.8. The largest absolute Gasteiger partial charge is 0.318 e. The number of aliphatic imine (C=N–C) groups is 2. The van der Waals surface area contributed by atoms with Crippen LogP contribution in [0.1, 0.15) is 66.5 Å². The Labute approximate surface area is 355 Å². The van der Waals surface area contributed by atoms with Gasteiger partial charge >= 0.3 is 0 Å². The lowest BCUT2D eigenvalue weighted by Gasteiger charge is -2.41. The van der Waals surface area contributed by atoms with Gasteiger partial charge in [-0.2, -0.15) is 0 Å². The first-order chi connectivity index (χ1) is 28.7. The summed E-state index contributed by atoms with van der Waals surface area (Å²) in [7, 11) is 0. The van der Waals surface area contributed by atoms with E-state index >= 15 is 0 Å². The molecular weight excluding hydrogens is 733 g/mol. The molecule has 1 aromatic heterocycles. The van der Waals surface area contributed by atoms with Crippen molar-refractivity contribution in [3.05, 3.63) is 181 Å². The summed E-state index contributed by atoms with van der Waals surface area (Å²) in [5.41, 5.74) is 10.3. The van der Waals surface area contributed by atoms with Gasteiger partial charge in [-0.25, -0.2) is 9.97 Å². The number of nitrogens with zero attached hydrogens (tertiary/aromatic N) is 6. The van der Waals surface area contributed by atoms with Gasteiger partial charge in [0.1, 0.15) is 11.7 Å². The van der Waals surface area contributed by atoms with Gasteiger partial charge in [-0.15, -0.1) is 0 Å². The van der Waals surface area contributed by atoms with Crippen molar-refractivity contribution in [1.29, 1.82) is 0 Å². The van der Waals surface area contributed by atoms with Crippen LogP contribution in [-0.2, 0) is 0 Å². The molecule has 0 unspecified atom stereocenters. The Morgan fingerprint density at radius 3 is 1.05 bits per heavy atom. The van der Waals surface area contributed by atoms with Crippen molar-refractivity contribution in [2.24, 2.45) is 9.98 Å². The molecule has 0 saturated carbocycles. The summed E-state index contributed by atoms with van der Waals surface area (Å²) >= 11 is 0. The van der Waals surface area contributed by atoms with Gasteiger partial charge in [-0.05, 0) is 96.8 Å². The molecule has 2 aliphatic rings. The summed E-state index contributed by atoms with van der Waals surface area (Å²) in [5, 5.41) is 0. The lowest BCUT2D eigenvalue weighted by molar-refractivity contribution is 0.338. The minimum Gasteiger partial charge on any atom is -0.318 e. The summed E-state index contributed by atoms with van der Waals surface area (Å²) in [6, 6.07) is 59.6. The molecule has 0 aliphatic carbocycles. The monoisotopic (exact) mass is 784 g/mol. The molecule has 0 amide bonds. The predicted octanol–water partition coefficient (Wildman–Crippen LogP) is 12.8. The maximum absolute atomic E-state index is 5.32. The second-order valence-corrected chi connectivity index (χ2v) is 18.0. The number of hydrogen-bond donors (Lipinski definition) is 0. The second kappa shape index (κ2) is 14.6. The molecule has 3 heterocycles. The van der Waals surface area contributed by atoms with Gasteiger partial charge in [0.05, 0.1) is 33.5 Å². The number of benzene rings is 6. The van der Waals surface area contributed by atoms with E-state index in [9.17, 15) is 0 Å². The third kappa shape index (κ3) is 6.70. The number of hydrogen-bond acceptors (Lipinski definition) is 6. The van der Waals surface area contributed by atoms with Gasteiger partial charge in [0.2, 0.25) is 0 Å². The maximum atomic E-state index is 5.32. The fraction of sp³-hybridized carbons (Fsp3) is 0.222. The van der Waals surface area contributed by atoms with E-state index in [1.165, 1.54) is 5.56 Å². The SMILES string of the molecule is CC1(C)N=C(c2ccc(-c3cc(-c4ccc(-c5ccccc5)cc4)nc(-c4ccc(C5=NC(C)(C)C(C)(C)N5c5ccccc5)cc4)n3)cc2)N(c2ccccc2)C1(C)C. The molecule has 7 aromatic rings. The third-order valence-electron chi connectivity index (χ3n) is 13.2. The van der Waals surface area contributed by atoms with E-state index in [4.69, 9.17) is 20.0 Å². The van der Waals surface area contributed by atoms with Crippen LogP contribution in [0.15, 0.2) is 180 Å². The van der Waals surface area contributed by atoms with Crippen LogP contribution in [0.5, 0.6) is 0 Å². The topological polar surface area (TPSA) is 57.0 Å². The van der Waals surface area contributed by atoms with Crippen LogP contribution in [0.3, 0.4) is 0 Å². The minimum absolute atomic E-state index is 0.235. The molecule has 6 nitrogen and oxygen atoms in total. The highest BCUT2D eigenvalue weighted by Crippen LogP contribution is 2.44. The molecule has 0 atom stereocenters. The fourth-order valence-corrected chi connectivity index (χ4v) is 8.31. The molecule has 6 aromatic carbocycles. The summed E-state index contributed by atoms with van der Waals surface area (Å²) in [4.78, 5) is 25.8. The van der Waals surface area contributed by atoms with Crippen LogP contribution >= 0.6 is 0 Å². The molecule has 0 spiro atoms. The van der Waals surface area contributed by atoms with E-state index in [0.29, 0.717) is 5.82 Å². The summed E-state index contributed by atoms with van der Waals surface area (Å²) in [5.74, 6) is 2.59. The van der Waals surface area contributed by atoms with Crippen molar-refractivity contribution < 1.29 is 0 Å². The molecule has 60 heavy (non-hydrogen) atoms. The molecule has 0 N–H and O–H groups in total. The molecule has 6 heteroatoms. The summed E-state index contributed by atoms with van der Waals surface area (Å²) in [6.07, 6.45) is 0. The average molecular weight is 785 g/mol. The lowest BCUT2D eigenvalue weighted by atomic mass is 9.83. The fourth-order valence-electron chi connectivity index (χ4n) is 8.31. The highest BCUT2D eigenvalue weighted by Gasteiger charge is 2.50. The van der Waals surface area contributed by atoms with Crippen molar-refractivity contribution in [2.75, 3.05) is 9.80 Å². The molecule has 2 aliphatic heterocycles. The van der Waals surface area contributed by atoms with E-state index in [0.717, 1.165) is 67.8 Å². The van der Waals surface area contributed by atoms with Crippen LogP contribution in [0.25, 0.3) is 45.0 Å². The van der Waals surface area contributed by atoms with E-state index < -0.39 is 0 Å². The molecular formula is C54H52N6. The van der Waals surface area contributed by atoms with Gasteiger partial charge in [-0.1, -0.05) is 140 Å². The van der Waals surface area contributed by atoms with Gasteiger partial charge in [-0.3, -0.25) is 9.98 Å². The van der Waals surface area contributed by atoms with Crippen molar-refractivity contribution >= 4 is 23.0 Å². The summed E-state index contributed by atoms with van der Waals surface area (Å²) < 4.78 is 0. The number of para-hydroxylation sites is 2. The first-order valence-corrected chi connectivity index (χ1v) is 20.9. The highest BCUT2D eigenvalue weighted by molar-refractivity contribution is 6.14. The van der Waals surface area contributed by atoms with Crippen LogP contribution in [-0.4, -0.2) is 43.8 Å². The average Bonchev–Trinajstić information content (AvgIpc) is 3.59. The molecule has 9 rings (SSSR count). The van der Waals surface area contributed by atoms with Crippen molar-refractivity contribution in [2.45, 2.75) is 77.5 Å². The standard InChI is InChI=1S/C54H52N6/c1-51(2)53(5,6)59(44-20-14-10-15-21-44)49(57-51)42-32-28-40(29-33-42)47-36-46(39-26-24-38(25-27-39)37-18-12-9-13-19-37)55-48(56-47)41-30-34-43(35-31-41)50-58-52(3,4)54(7,8)60(50)45-22-16-11-17-23-45/h9-36H,1-8H3. The molecule has 0 radical (unpaired) electrons. The summed E-state index contributed by atoms with van der Waals surface area (Å²) in [6.45, 7) is 18.0. The normalized spacial score (nSPS) is 17.3. The second-order valence-electron chi connectivity index (χ2n) is 18.0. The zero-order valence-electron chi connectivity index (χ0n) is 35.8. The Bertz CT molecular complexity index is 2570. The molecule has 0 bridgehead atoms. The smallest absolute Gasteiger partial charge is 0.160 e. The number of anilines is 2. The van der Waals surface area contributed by atoms with Crippen molar-refractivity contribution in [1.82, 2.24) is 9.97 Å². The van der Waals surface area contributed by atoms with Gasteiger partial charge in [0.15, 0.2) is 5.82 Å². The Morgan fingerprint density at radius 1 is 0.333 bits per heavy atom. The van der Waals surface area contributed by atoms with Gasteiger partial charge in [0, 0.05) is 39.2 Å². The van der Waals surface area contributed by atoms with Gasteiger partial charge < -0.3 is 9.80 Å². The Kier molecular flexibility index (Phi) is 9.42. The van der Waals surface area contributed by atoms with E-state index in [2.05, 4.69) is 229 Å². The van der Waals surface area contributed by atoms with Gasteiger partial charge in [0.25, 0.3) is 0 Å². The quantitative estimate of drug-likeness (QED) is 0.154. The zero-order chi connectivity index (χ0) is 41.9. The van der Waals surface area contributed by atoms with Crippen LogP contribution in [0.2, 0.25) is 0 Å². The number of rotatable bonds is 8.